The number of aromatic nitrogens is 2. The van der Waals surface area contributed by atoms with Gasteiger partial charge in [-0.2, -0.15) is 0 Å². The van der Waals surface area contributed by atoms with Crippen LogP contribution in [-0.2, 0) is 12.8 Å². The molecule has 1 aromatic carbocycles. The third-order valence-electron chi connectivity index (χ3n) is 5.14. The summed E-state index contributed by atoms with van der Waals surface area (Å²) in [7, 11) is 1.74. The molecule has 0 aliphatic carbocycles. The first kappa shape index (κ1) is 18.0. The molecule has 0 bridgehead atoms. The van der Waals surface area contributed by atoms with Crippen molar-refractivity contribution in [3.63, 3.8) is 0 Å². The Hall–Kier alpha value is -2.34. The molecule has 5 nitrogen and oxygen atoms in total. The number of hydrogen-bond donors (Lipinski definition) is 0. The Balaban J connectivity index is 1.60. The lowest BCUT2D eigenvalue weighted by molar-refractivity contribution is 0.413. The number of methoxy groups -OCH3 is 1. The van der Waals surface area contributed by atoms with Gasteiger partial charge in [0.2, 0.25) is 0 Å². The monoisotopic (exact) mass is 382 g/mol. The van der Waals surface area contributed by atoms with Gasteiger partial charge in [-0.1, -0.05) is 26.0 Å². The third-order valence-corrected chi connectivity index (χ3v) is 6.31. The van der Waals surface area contributed by atoms with Crippen LogP contribution in [0.5, 0.6) is 5.75 Å². The normalized spacial score (nSPS) is 14.8. The summed E-state index contributed by atoms with van der Waals surface area (Å²) in [5.74, 6) is 2.98. The van der Waals surface area contributed by atoms with Crippen LogP contribution in [0.15, 0.2) is 30.3 Å². The SMILES string of the molecule is CCc1nc(N2CCN(c3ccccc3OC)CC2)c2cc(CC)sc2n1. The lowest BCUT2D eigenvalue weighted by atomic mass is 10.2. The number of piperazine rings is 1. The van der Waals surface area contributed by atoms with Gasteiger partial charge in [-0.05, 0) is 24.6 Å². The summed E-state index contributed by atoms with van der Waals surface area (Å²) in [6, 6.07) is 10.5. The highest BCUT2D eigenvalue weighted by atomic mass is 32.1. The summed E-state index contributed by atoms with van der Waals surface area (Å²) in [6.07, 6.45) is 1.91. The van der Waals surface area contributed by atoms with E-state index in [0.717, 1.165) is 61.2 Å². The molecule has 1 fully saturated rings. The van der Waals surface area contributed by atoms with Crippen LogP contribution in [0.25, 0.3) is 10.2 Å². The van der Waals surface area contributed by atoms with Gasteiger partial charge in [0.05, 0.1) is 18.2 Å². The van der Waals surface area contributed by atoms with Crippen molar-refractivity contribution in [1.29, 1.82) is 0 Å². The minimum absolute atomic E-state index is 0.865. The van der Waals surface area contributed by atoms with Crippen molar-refractivity contribution in [1.82, 2.24) is 9.97 Å². The molecular formula is C21H26N4OS. The third kappa shape index (κ3) is 3.46. The van der Waals surface area contributed by atoms with Crippen molar-refractivity contribution in [3.05, 3.63) is 41.0 Å². The maximum absolute atomic E-state index is 5.54. The van der Waals surface area contributed by atoms with E-state index in [0.29, 0.717) is 0 Å². The highest BCUT2D eigenvalue weighted by Crippen LogP contribution is 2.33. The largest absolute Gasteiger partial charge is 0.495 e. The lowest BCUT2D eigenvalue weighted by Crippen LogP contribution is -2.47. The molecule has 4 rings (SSSR count). The van der Waals surface area contributed by atoms with Crippen LogP contribution in [0.1, 0.15) is 24.5 Å². The van der Waals surface area contributed by atoms with E-state index in [2.05, 4.69) is 41.8 Å². The Morgan fingerprint density at radius 1 is 1.00 bits per heavy atom. The van der Waals surface area contributed by atoms with Gasteiger partial charge in [0.15, 0.2) is 0 Å². The van der Waals surface area contributed by atoms with Gasteiger partial charge in [-0.15, -0.1) is 11.3 Å². The molecule has 27 heavy (non-hydrogen) atoms. The van der Waals surface area contributed by atoms with E-state index >= 15 is 0 Å². The van der Waals surface area contributed by atoms with Gasteiger partial charge in [0.25, 0.3) is 0 Å². The standard InChI is InChI=1S/C21H26N4OS/c1-4-15-14-16-20(22-19(5-2)23-21(16)27-15)25-12-10-24(11-13-25)17-8-6-7-9-18(17)26-3/h6-9,14H,4-5,10-13H2,1-3H3. The molecule has 6 heteroatoms. The number of hydrogen-bond acceptors (Lipinski definition) is 6. The first-order valence-electron chi connectivity index (χ1n) is 9.65. The second kappa shape index (κ2) is 7.72. The summed E-state index contributed by atoms with van der Waals surface area (Å²) in [6.45, 7) is 8.13. The van der Waals surface area contributed by atoms with Crippen LogP contribution in [0.2, 0.25) is 0 Å². The number of fused-ring (bicyclic) bond motifs is 1. The topological polar surface area (TPSA) is 41.5 Å². The first-order chi connectivity index (χ1) is 13.2. The second-order valence-corrected chi connectivity index (χ2v) is 7.86. The summed E-state index contributed by atoms with van der Waals surface area (Å²) in [5.41, 5.74) is 1.17. The zero-order valence-corrected chi connectivity index (χ0v) is 17.1. The molecule has 1 aliphatic heterocycles. The molecule has 3 heterocycles. The molecule has 3 aromatic rings. The van der Waals surface area contributed by atoms with E-state index in [-0.39, 0.29) is 0 Å². The molecule has 0 N–H and O–H groups in total. The number of benzene rings is 1. The molecule has 1 saturated heterocycles. The van der Waals surface area contributed by atoms with E-state index in [1.54, 1.807) is 18.4 Å². The van der Waals surface area contributed by atoms with Crippen molar-refractivity contribution in [2.45, 2.75) is 26.7 Å². The van der Waals surface area contributed by atoms with Crippen LogP contribution in [0.4, 0.5) is 11.5 Å². The van der Waals surface area contributed by atoms with Gasteiger partial charge < -0.3 is 14.5 Å². The van der Waals surface area contributed by atoms with Crippen LogP contribution in [0, 0.1) is 0 Å². The lowest BCUT2D eigenvalue weighted by Gasteiger charge is -2.37. The van der Waals surface area contributed by atoms with Gasteiger partial charge in [-0.25, -0.2) is 9.97 Å². The Morgan fingerprint density at radius 3 is 2.44 bits per heavy atom. The van der Waals surface area contributed by atoms with E-state index in [1.807, 2.05) is 12.1 Å². The highest BCUT2D eigenvalue weighted by molar-refractivity contribution is 7.18. The highest BCUT2D eigenvalue weighted by Gasteiger charge is 2.23. The number of aryl methyl sites for hydroxylation is 2. The van der Waals surface area contributed by atoms with Crippen molar-refractivity contribution >= 4 is 33.1 Å². The maximum Gasteiger partial charge on any atom is 0.142 e. The van der Waals surface area contributed by atoms with Crippen molar-refractivity contribution in [3.8, 4) is 5.75 Å². The van der Waals surface area contributed by atoms with Gasteiger partial charge in [-0.3, -0.25) is 0 Å². The number of para-hydroxylation sites is 2. The van der Waals surface area contributed by atoms with Gasteiger partial charge in [0, 0.05) is 37.5 Å². The van der Waals surface area contributed by atoms with Crippen LogP contribution in [0.3, 0.4) is 0 Å². The fourth-order valence-electron chi connectivity index (χ4n) is 3.62. The number of nitrogens with zero attached hydrogens (tertiary/aromatic N) is 4. The Kier molecular flexibility index (Phi) is 5.16. The number of ether oxygens (including phenoxy) is 1. The zero-order chi connectivity index (χ0) is 18.8. The molecule has 0 amide bonds. The molecule has 0 unspecified atom stereocenters. The molecule has 0 radical (unpaired) electrons. The van der Waals surface area contributed by atoms with Gasteiger partial charge >= 0.3 is 0 Å². The van der Waals surface area contributed by atoms with Gasteiger partial charge in [0.1, 0.15) is 22.2 Å². The van der Waals surface area contributed by atoms with E-state index < -0.39 is 0 Å². The Morgan fingerprint density at radius 2 is 1.74 bits per heavy atom. The average Bonchev–Trinajstić information content (AvgIpc) is 3.16. The van der Waals surface area contributed by atoms with Crippen molar-refractivity contribution in [2.75, 3.05) is 43.1 Å². The maximum atomic E-state index is 5.54. The number of rotatable bonds is 5. The molecular weight excluding hydrogens is 356 g/mol. The number of anilines is 2. The quantitative estimate of drug-likeness (QED) is 0.663. The Bertz CT molecular complexity index is 931. The summed E-state index contributed by atoms with van der Waals surface area (Å²) >= 11 is 1.80. The molecule has 0 saturated carbocycles. The molecule has 142 valence electrons. The van der Waals surface area contributed by atoms with E-state index in [1.165, 1.54) is 16.0 Å². The predicted octanol–water partition coefficient (Wildman–Crippen LogP) is 4.15. The first-order valence-corrected chi connectivity index (χ1v) is 10.5. The summed E-state index contributed by atoms with van der Waals surface area (Å²) < 4.78 is 5.54. The minimum Gasteiger partial charge on any atom is -0.495 e. The van der Waals surface area contributed by atoms with Crippen LogP contribution >= 0.6 is 11.3 Å². The fraction of sp³-hybridized carbons (Fsp3) is 0.429. The molecule has 0 spiro atoms. The van der Waals surface area contributed by atoms with Crippen molar-refractivity contribution < 1.29 is 4.74 Å². The minimum atomic E-state index is 0.865. The van der Waals surface area contributed by atoms with Crippen LogP contribution < -0.4 is 14.5 Å². The summed E-state index contributed by atoms with van der Waals surface area (Å²) in [5, 5.41) is 1.21. The van der Waals surface area contributed by atoms with E-state index in [4.69, 9.17) is 14.7 Å². The average molecular weight is 383 g/mol. The molecule has 2 aromatic heterocycles. The van der Waals surface area contributed by atoms with Crippen molar-refractivity contribution in [2.24, 2.45) is 0 Å². The number of thiophene rings is 1. The Labute approximate surface area is 164 Å². The molecule has 0 atom stereocenters. The zero-order valence-electron chi connectivity index (χ0n) is 16.2. The summed E-state index contributed by atoms with van der Waals surface area (Å²) in [4.78, 5) is 17.0. The van der Waals surface area contributed by atoms with E-state index in [9.17, 15) is 0 Å². The van der Waals surface area contributed by atoms with Crippen LogP contribution in [-0.4, -0.2) is 43.3 Å². The fourth-order valence-corrected chi connectivity index (χ4v) is 4.60. The smallest absolute Gasteiger partial charge is 0.142 e. The second-order valence-electron chi connectivity index (χ2n) is 6.75. The molecule has 1 aliphatic rings. The predicted molar refractivity (Wildman–Crippen MR) is 114 cm³/mol.